The van der Waals surface area contributed by atoms with Gasteiger partial charge in [0, 0.05) is 31.7 Å². The number of Topliss-reactive ketones (excluding diaryl/α,β-unsaturated/α-hetero) is 1. The van der Waals surface area contributed by atoms with Gasteiger partial charge in [0.2, 0.25) is 35.3 Å². The Kier molecular flexibility index (Phi) is 22.0. The molecule has 0 aromatic heterocycles. The standard InChI is InChI=1S/C57H72N5O12P/c1-11-36(2)48(58)54(70)61-43(31-33-46(64)73-56(4,5)6)51(67)60-44(32-34-47(65)74-57(7,8)9)52(68)62-53(69)45(59-37(3)63)35-38-27-29-39(30-28-38)49(66)50(55(71)72-10)75(40-21-15-12-16-22-40,41-23-17-13-18-24-41)42-25-19-14-20-26-42/h12-30,36,43-45,48H,11,31-35,58H2,1-10H3,(H,59,63)(H,60,67)(H,61,70)(H,62,68,69)/t36-,43-,44-,45?,48-/m0/s1. The van der Waals surface area contributed by atoms with Gasteiger partial charge in [-0.2, -0.15) is 0 Å². The number of rotatable bonds is 23. The van der Waals surface area contributed by atoms with Crippen molar-refractivity contribution in [3.63, 3.8) is 0 Å². The van der Waals surface area contributed by atoms with Gasteiger partial charge in [-0.05, 0) is 88.7 Å². The number of nitrogens with two attached hydrogens (primary N) is 1. The van der Waals surface area contributed by atoms with E-state index in [1.54, 1.807) is 60.6 Å². The van der Waals surface area contributed by atoms with Crippen LogP contribution in [0.15, 0.2) is 115 Å². The highest BCUT2D eigenvalue weighted by molar-refractivity contribution is 7.97. The molecule has 0 spiro atoms. The summed E-state index contributed by atoms with van der Waals surface area (Å²) in [5.74, 6) is -7.31. The Hall–Kier alpha value is -7.23. The van der Waals surface area contributed by atoms with Crippen LogP contribution in [0, 0.1) is 5.92 Å². The zero-order chi connectivity index (χ0) is 55.7. The lowest BCUT2D eigenvalue weighted by molar-refractivity contribution is -0.156. The van der Waals surface area contributed by atoms with E-state index < -0.39 is 102 Å². The van der Waals surface area contributed by atoms with Gasteiger partial charge in [-0.25, -0.2) is 4.79 Å². The van der Waals surface area contributed by atoms with Crippen LogP contribution in [-0.4, -0.2) is 101 Å². The van der Waals surface area contributed by atoms with Crippen LogP contribution in [0.25, 0.3) is 0 Å². The molecular formula is C57H72N5O12P. The molecule has 6 N–H and O–H groups in total. The number of ether oxygens (including phenoxy) is 3. The van der Waals surface area contributed by atoms with Crippen LogP contribution in [0.2, 0.25) is 0 Å². The normalized spacial score (nSPS) is 13.5. The highest BCUT2D eigenvalue weighted by Gasteiger charge is 2.38. The fourth-order valence-corrected chi connectivity index (χ4v) is 12.4. The average molecular weight is 1050 g/mol. The number of nitrogens with one attached hydrogen (secondary N) is 4. The fourth-order valence-electron chi connectivity index (χ4n) is 8.08. The second kappa shape index (κ2) is 27.3. The first kappa shape index (κ1) is 60.3. The molecule has 17 nitrogen and oxygen atoms in total. The van der Waals surface area contributed by atoms with Gasteiger partial charge in [0.15, 0.2) is 0 Å². The average Bonchev–Trinajstić information content (AvgIpc) is 3.36. The van der Waals surface area contributed by atoms with Gasteiger partial charge >= 0.3 is 17.9 Å². The van der Waals surface area contributed by atoms with Crippen molar-refractivity contribution in [1.29, 1.82) is 0 Å². The molecule has 18 heteroatoms. The molecule has 0 saturated carbocycles. The number of ketones is 1. The summed E-state index contributed by atoms with van der Waals surface area (Å²) in [6, 6.07) is 28.7. The van der Waals surface area contributed by atoms with E-state index >= 15 is 4.79 Å². The number of hydrogen-bond donors (Lipinski definition) is 5. The molecular weight excluding hydrogens is 978 g/mol. The Morgan fingerprint density at radius 2 is 0.987 bits per heavy atom. The molecule has 4 aromatic rings. The van der Waals surface area contributed by atoms with Gasteiger partial charge in [0.25, 0.3) is 0 Å². The first-order valence-electron chi connectivity index (χ1n) is 24.9. The Morgan fingerprint density at radius 3 is 1.39 bits per heavy atom. The van der Waals surface area contributed by atoms with Crippen LogP contribution in [0.3, 0.4) is 0 Å². The maximum absolute atomic E-state index is 15.0. The van der Waals surface area contributed by atoms with E-state index in [9.17, 15) is 38.4 Å². The summed E-state index contributed by atoms with van der Waals surface area (Å²) in [7, 11) is 1.22. The molecule has 402 valence electrons. The Bertz CT molecular complexity index is 2610. The van der Waals surface area contributed by atoms with Crippen LogP contribution < -0.4 is 42.9 Å². The summed E-state index contributed by atoms with van der Waals surface area (Å²) < 4.78 is 16.2. The Morgan fingerprint density at radius 1 is 0.573 bits per heavy atom. The van der Waals surface area contributed by atoms with Crippen molar-refractivity contribution in [2.75, 3.05) is 7.11 Å². The largest absolute Gasteiger partial charge is 0.465 e. The molecule has 0 heterocycles. The van der Waals surface area contributed by atoms with Crippen molar-refractivity contribution in [1.82, 2.24) is 21.3 Å². The molecule has 4 aromatic carbocycles. The maximum Gasteiger partial charge on any atom is 0.342 e. The molecule has 0 aliphatic rings. The van der Waals surface area contributed by atoms with Crippen molar-refractivity contribution in [2.24, 2.45) is 11.7 Å². The van der Waals surface area contributed by atoms with E-state index in [-0.39, 0.29) is 42.5 Å². The number of hydrogen-bond acceptors (Lipinski definition) is 13. The zero-order valence-electron chi connectivity index (χ0n) is 44.5. The SMILES string of the molecule is CC[C@H](C)[C@H](N)C(=O)N[C@@H](CCC(=O)OC(C)(C)C)C(=O)N[C@@H](CCC(=O)OC(C)(C)C)C(=O)NC(=O)C(Cc1ccc(C(=O)C(C(=O)OC)=P(c2ccccc2)(c2ccccc2)c2ccccc2)cc1)NC(C)=O. The van der Waals surface area contributed by atoms with Gasteiger partial charge in [-0.3, -0.25) is 43.7 Å². The third kappa shape index (κ3) is 17.4. The molecule has 0 fully saturated rings. The van der Waals surface area contributed by atoms with E-state index in [2.05, 4.69) is 21.3 Å². The number of esters is 3. The second-order valence-corrected chi connectivity index (χ2v) is 23.5. The number of amides is 5. The Labute approximate surface area is 439 Å². The monoisotopic (exact) mass is 1050 g/mol. The summed E-state index contributed by atoms with van der Waals surface area (Å²) in [6.07, 6.45) is -0.973. The smallest absolute Gasteiger partial charge is 0.342 e. The number of carbonyl (C=O) groups is 9. The topological polar surface area (TPSA) is 255 Å². The van der Waals surface area contributed by atoms with Crippen molar-refractivity contribution in [2.45, 2.75) is 136 Å². The zero-order valence-corrected chi connectivity index (χ0v) is 45.4. The van der Waals surface area contributed by atoms with Gasteiger partial charge in [0.05, 0.1) is 13.2 Å². The third-order valence-electron chi connectivity index (χ3n) is 11.9. The number of methoxy groups -OCH3 is 1. The minimum Gasteiger partial charge on any atom is -0.465 e. The van der Waals surface area contributed by atoms with Crippen LogP contribution in [0.1, 0.15) is 110 Å². The summed E-state index contributed by atoms with van der Waals surface area (Å²) in [5.41, 5.74) is 5.03. The first-order chi connectivity index (χ1) is 35.3. The van der Waals surface area contributed by atoms with E-state index in [0.29, 0.717) is 12.0 Å². The molecule has 75 heavy (non-hydrogen) atoms. The van der Waals surface area contributed by atoms with Crippen LogP contribution in [0.4, 0.5) is 0 Å². The van der Waals surface area contributed by atoms with E-state index in [4.69, 9.17) is 19.9 Å². The fraction of sp³-hybridized carbons (Fsp3) is 0.404. The quantitative estimate of drug-likeness (QED) is 0.0226. The summed E-state index contributed by atoms with van der Waals surface area (Å²) in [6.45, 7) is 11.5. The van der Waals surface area contributed by atoms with Crippen molar-refractivity contribution in [3.8, 4) is 0 Å². The number of benzene rings is 4. The summed E-state index contributed by atoms with van der Waals surface area (Å²) >= 11 is 0. The van der Waals surface area contributed by atoms with E-state index in [0.717, 1.165) is 15.9 Å². The predicted molar refractivity (Wildman–Crippen MR) is 289 cm³/mol. The van der Waals surface area contributed by atoms with E-state index in [1.807, 2.05) is 97.9 Å². The lowest BCUT2D eigenvalue weighted by Gasteiger charge is -2.31. The highest BCUT2D eigenvalue weighted by Crippen LogP contribution is 2.47. The number of carbonyl (C=O) groups excluding carboxylic acids is 9. The molecule has 0 aliphatic carbocycles. The lowest BCUT2D eigenvalue weighted by atomic mass is 9.98. The van der Waals surface area contributed by atoms with Gasteiger partial charge in [-0.15, -0.1) is 0 Å². The molecule has 0 saturated heterocycles. The minimum absolute atomic E-state index is 0.0740. The van der Waals surface area contributed by atoms with Crippen LogP contribution in [0.5, 0.6) is 0 Å². The predicted octanol–water partition coefficient (Wildman–Crippen LogP) is 4.49. The van der Waals surface area contributed by atoms with Crippen molar-refractivity contribution in [3.05, 3.63) is 126 Å². The highest BCUT2D eigenvalue weighted by atomic mass is 31.2. The number of imide groups is 1. The van der Waals surface area contributed by atoms with Crippen LogP contribution >= 0.6 is 6.89 Å². The van der Waals surface area contributed by atoms with Gasteiger partial charge in [-0.1, -0.05) is 136 Å². The molecule has 0 aliphatic heterocycles. The third-order valence-corrected chi connectivity index (χ3v) is 16.2. The van der Waals surface area contributed by atoms with Crippen molar-refractivity contribution < 1.29 is 57.4 Å². The molecule has 5 atom stereocenters. The second-order valence-electron chi connectivity index (χ2n) is 20.1. The maximum atomic E-state index is 15.0. The van der Waals surface area contributed by atoms with Gasteiger partial charge in [0.1, 0.15) is 34.6 Å². The summed E-state index contributed by atoms with van der Waals surface area (Å²) in [4.78, 5) is 123. The minimum atomic E-state index is -3.24. The molecule has 5 amide bonds. The molecule has 4 rings (SSSR count). The van der Waals surface area contributed by atoms with E-state index in [1.165, 1.54) is 26.2 Å². The van der Waals surface area contributed by atoms with Crippen LogP contribution in [-0.2, 0) is 59.0 Å². The summed E-state index contributed by atoms with van der Waals surface area (Å²) in [5, 5.41) is 12.1. The first-order valence-corrected chi connectivity index (χ1v) is 26.7. The van der Waals surface area contributed by atoms with Gasteiger partial charge < -0.3 is 35.9 Å². The Balaban J connectivity index is 1.70. The van der Waals surface area contributed by atoms with Crippen molar-refractivity contribution >= 4 is 81.3 Å². The molecule has 0 bridgehead atoms. The molecule has 0 radical (unpaired) electrons. The molecule has 1 unspecified atom stereocenters. The lowest BCUT2D eigenvalue weighted by Crippen LogP contribution is -2.58.